The van der Waals surface area contributed by atoms with Crippen molar-refractivity contribution in [2.45, 2.75) is 19.4 Å². The number of rotatable bonds is 2. The van der Waals surface area contributed by atoms with Crippen molar-refractivity contribution in [2.24, 2.45) is 0 Å². The van der Waals surface area contributed by atoms with Gasteiger partial charge >= 0.3 is 0 Å². The third-order valence-electron chi connectivity index (χ3n) is 1.93. The first kappa shape index (κ1) is 8.27. The molecule has 62 valence electrons. The molecule has 0 saturated heterocycles. The Morgan fingerprint density at radius 2 is 2.36 bits per heavy atom. The van der Waals surface area contributed by atoms with Crippen LogP contribution >= 0.6 is 0 Å². The van der Waals surface area contributed by atoms with E-state index in [1.807, 2.05) is 13.8 Å². The van der Waals surface area contributed by atoms with Gasteiger partial charge in [0.15, 0.2) is 0 Å². The monoisotopic (exact) mass is 155 g/mol. The van der Waals surface area contributed by atoms with Gasteiger partial charge in [-0.1, -0.05) is 6.08 Å². The van der Waals surface area contributed by atoms with Crippen LogP contribution in [0.1, 0.15) is 13.8 Å². The second kappa shape index (κ2) is 2.66. The van der Waals surface area contributed by atoms with Crippen LogP contribution < -0.4 is 0 Å². The molecule has 1 amide bonds. The van der Waals surface area contributed by atoms with Gasteiger partial charge < -0.3 is 10.0 Å². The summed E-state index contributed by atoms with van der Waals surface area (Å²) in [6, 6.07) is 0. The Bertz CT molecular complexity index is 196. The van der Waals surface area contributed by atoms with Crippen LogP contribution in [0.3, 0.4) is 0 Å². The lowest BCUT2D eigenvalue weighted by molar-refractivity contribution is -0.130. The highest BCUT2D eigenvalue weighted by atomic mass is 16.3. The van der Waals surface area contributed by atoms with E-state index in [-0.39, 0.29) is 12.5 Å². The molecule has 0 radical (unpaired) electrons. The lowest BCUT2D eigenvalue weighted by Gasteiger charge is -2.33. The molecule has 0 atom stereocenters. The Kier molecular flexibility index (Phi) is 2.00. The second-order valence-electron chi connectivity index (χ2n) is 3.32. The molecule has 1 aliphatic heterocycles. The van der Waals surface area contributed by atoms with E-state index in [9.17, 15) is 4.79 Å². The SMILES string of the molecule is CC(C)(CO)N1CC=CC1=O. The van der Waals surface area contributed by atoms with Crippen molar-refractivity contribution < 1.29 is 9.90 Å². The number of carbonyl (C=O) groups is 1. The molecular weight excluding hydrogens is 142 g/mol. The van der Waals surface area contributed by atoms with E-state index < -0.39 is 5.54 Å². The van der Waals surface area contributed by atoms with Crippen molar-refractivity contribution in [1.82, 2.24) is 4.90 Å². The minimum Gasteiger partial charge on any atom is -0.394 e. The molecule has 1 heterocycles. The number of hydrogen-bond donors (Lipinski definition) is 1. The van der Waals surface area contributed by atoms with Gasteiger partial charge in [-0.2, -0.15) is 0 Å². The average Bonchev–Trinajstić information content (AvgIpc) is 2.36. The van der Waals surface area contributed by atoms with Gasteiger partial charge in [0, 0.05) is 12.6 Å². The first-order valence-corrected chi connectivity index (χ1v) is 3.67. The zero-order valence-electron chi connectivity index (χ0n) is 6.87. The Morgan fingerprint density at radius 3 is 2.73 bits per heavy atom. The Morgan fingerprint density at radius 1 is 1.73 bits per heavy atom. The maximum atomic E-state index is 11.1. The quantitative estimate of drug-likeness (QED) is 0.617. The molecule has 1 N–H and O–H groups in total. The van der Waals surface area contributed by atoms with Gasteiger partial charge in [-0.15, -0.1) is 0 Å². The van der Waals surface area contributed by atoms with Gasteiger partial charge in [-0.3, -0.25) is 4.79 Å². The Labute approximate surface area is 66.3 Å². The van der Waals surface area contributed by atoms with Crippen LogP contribution in [0, 0.1) is 0 Å². The predicted molar refractivity (Wildman–Crippen MR) is 42.0 cm³/mol. The van der Waals surface area contributed by atoms with Crippen LogP contribution in [-0.2, 0) is 4.79 Å². The van der Waals surface area contributed by atoms with Crippen LogP contribution in [0.4, 0.5) is 0 Å². The third kappa shape index (κ3) is 1.43. The van der Waals surface area contributed by atoms with Crippen molar-refractivity contribution in [2.75, 3.05) is 13.2 Å². The molecule has 0 aromatic heterocycles. The van der Waals surface area contributed by atoms with Crippen molar-refractivity contribution in [3.05, 3.63) is 12.2 Å². The summed E-state index contributed by atoms with van der Waals surface area (Å²) in [6.07, 6.45) is 3.34. The van der Waals surface area contributed by atoms with Gasteiger partial charge in [0.25, 0.3) is 0 Å². The normalized spacial score (nSPS) is 18.1. The number of nitrogens with zero attached hydrogens (tertiary/aromatic N) is 1. The van der Waals surface area contributed by atoms with Crippen molar-refractivity contribution in [3.8, 4) is 0 Å². The third-order valence-corrected chi connectivity index (χ3v) is 1.93. The molecule has 0 saturated carbocycles. The number of aliphatic hydroxyl groups is 1. The number of hydrogen-bond acceptors (Lipinski definition) is 2. The molecule has 3 heteroatoms. The molecule has 0 fully saturated rings. The van der Waals surface area contributed by atoms with E-state index in [1.54, 1.807) is 11.0 Å². The fourth-order valence-electron chi connectivity index (χ4n) is 1.07. The molecule has 11 heavy (non-hydrogen) atoms. The first-order chi connectivity index (χ1) is 5.08. The topological polar surface area (TPSA) is 40.5 Å². The minimum atomic E-state index is -0.430. The number of aliphatic hydroxyl groups excluding tert-OH is 1. The van der Waals surface area contributed by atoms with Crippen LogP contribution in [0.2, 0.25) is 0 Å². The predicted octanol–water partition coefficient (Wildman–Crippen LogP) is 0.156. The highest BCUT2D eigenvalue weighted by Crippen LogP contribution is 2.17. The van der Waals surface area contributed by atoms with Gasteiger partial charge in [-0.25, -0.2) is 0 Å². The highest BCUT2D eigenvalue weighted by Gasteiger charge is 2.30. The van der Waals surface area contributed by atoms with E-state index in [4.69, 9.17) is 5.11 Å². The zero-order chi connectivity index (χ0) is 8.48. The summed E-state index contributed by atoms with van der Waals surface area (Å²) in [5.41, 5.74) is -0.430. The van der Waals surface area contributed by atoms with Gasteiger partial charge in [0.05, 0.1) is 12.1 Å². The fraction of sp³-hybridized carbons (Fsp3) is 0.625. The summed E-state index contributed by atoms with van der Waals surface area (Å²) >= 11 is 0. The lowest BCUT2D eigenvalue weighted by atomic mass is 10.1. The summed E-state index contributed by atoms with van der Waals surface area (Å²) < 4.78 is 0. The summed E-state index contributed by atoms with van der Waals surface area (Å²) in [6.45, 7) is 4.31. The maximum Gasteiger partial charge on any atom is 0.247 e. The Balaban J connectivity index is 2.69. The average molecular weight is 155 g/mol. The van der Waals surface area contributed by atoms with E-state index in [2.05, 4.69) is 0 Å². The maximum absolute atomic E-state index is 11.1. The summed E-state index contributed by atoms with van der Waals surface area (Å²) in [4.78, 5) is 12.8. The van der Waals surface area contributed by atoms with Crippen LogP contribution in [0.5, 0.6) is 0 Å². The smallest absolute Gasteiger partial charge is 0.247 e. The molecule has 0 unspecified atom stereocenters. The second-order valence-corrected chi connectivity index (χ2v) is 3.32. The van der Waals surface area contributed by atoms with Gasteiger partial charge in [-0.05, 0) is 13.8 Å². The molecule has 3 nitrogen and oxygen atoms in total. The van der Waals surface area contributed by atoms with Crippen molar-refractivity contribution in [1.29, 1.82) is 0 Å². The lowest BCUT2D eigenvalue weighted by Crippen LogP contribution is -2.47. The summed E-state index contributed by atoms with van der Waals surface area (Å²) in [5, 5.41) is 8.95. The molecule has 0 aromatic rings. The summed E-state index contributed by atoms with van der Waals surface area (Å²) in [5.74, 6) is -0.0101. The van der Waals surface area contributed by atoms with Crippen LogP contribution in [0.15, 0.2) is 12.2 Å². The van der Waals surface area contributed by atoms with Crippen LogP contribution in [-0.4, -0.2) is 34.6 Å². The molecule has 0 bridgehead atoms. The van der Waals surface area contributed by atoms with Crippen LogP contribution in [0.25, 0.3) is 0 Å². The zero-order valence-corrected chi connectivity index (χ0v) is 6.87. The molecule has 1 aliphatic rings. The van der Waals surface area contributed by atoms with E-state index in [1.165, 1.54) is 6.08 Å². The highest BCUT2D eigenvalue weighted by molar-refractivity contribution is 5.90. The van der Waals surface area contributed by atoms with Gasteiger partial charge in [0.2, 0.25) is 5.91 Å². The number of amides is 1. The van der Waals surface area contributed by atoms with Gasteiger partial charge in [0.1, 0.15) is 0 Å². The standard InChI is InChI=1S/C8H13NO2/c1-8(2,6-10)9-5-3-4-7(9)11/h3-4,10H,5-6H2,1-2H3. The molecular formula is C8H13NO2. The molecule has 0 aromatic carbocycles. The van der Waals surface area contributed by atoms with Crippen molar-refractivity contribution >= 4 is 5.91 Å². The minimum absolute atomic E-state index is 0.000417. The number of carbonyl (C=O) groups excluding carboxylic acids is 1. The molecule has 0 aliphatic carbocycles. The first-order valence-electron chi connectivity index (χ1n) is 3.67. The summed E-state index contributed by atoms with van der Waals surface area (Å²) in [7, 11) is 0. The van der Waals surface area contributed by atoms with E-state index in [0.717, 1.165) is 0 Å². The van der Waals surface area contributed by atoms with E-state index >= 15 is 0 Å². The molecule has 0 spiro atoms. The Hall–Kier alpha value is -0.830. The fourth-order valence-corrected chi connectivity index (χ4v) is 1.07. The molecule has 1 rings (SSSR count). The largest absolute Gasteiger partial charge is 0.394 e. The van der Waals surface area contributed by atoms with E-state index in [0.29, 0.717) is 6.54 Å². The van der Waals surface area contributed by atoms with Crippen molar-refractivity contribution in [3.63, 3.8) is 0 Å².